The van der Waals surface area contributed by atoms with Gasteiger partial charge in [0.15, 0.2) is 5.96 Å². The number of aliphatic imine (C=N–C) groups is 1. The predicted octanol–water partition coefficient (Wildman–Crippen LogP) is 1.01. The molecule has 2 N–H and O–H groups in total. The maximum absolute atomic E-state index is 4.47. The average molecular weight is 270 g/mol. The molecule has 0 amide bonds. The van der Waals surface area contributed by atoms with Crippen LogP contribution < -0.4 is 10.6 Å². The Morgan fingerprint density at radius 3 is 3.05 bits per heavy atom. The molecule has 6 heteroatoms. The summed E-state index contributed by atoms with van der Waals surface area (Å²) in [6.07, 6.45) is 6.61. The molecular weight excluding hydrogens is 252 g/mol. The number of aryl methyl sites for hydroxylation is 1. The molecule has 2 aromatic heterocycles. The van der Waals surface area contributed by atoms with E-state index in [1.54, 1.807) is 12.4 Å². The van der Waals surface area contributed by atoms with Gasteiger partial charge in [-0.25, -0.2) is 9.97 Å². The van der Waals surface area contributed by atoms with Gasteiger partial charge in [0.25, 0.3) is 0 Å². The lowest BCUT2D eigenvalue weighted by atomic mass is 10.2. The molecule has 0 radical (unpaired) electrons. The molecule has 0 bridgehead atoms. The van der Waals surface area contributed by atoms with E-state index in [9.17, 15) is 0 Å². The van der Waals surface area contributed by atoms with E-state index in [0.29, 0.717) is 6.54 Å². The normalized spacial score (nSPS) is 14.6. The first-order valence-electron chi connectivity index (χ1n) is 6.81. The molecule has 1 aliphatic heterocycles. The Labute approximate surface area is 118 Å². The first kappa shape index (κ1) is 12.7. The number of pyridine rings is 1. The van der Waals surface area contributed by atoms with Crippen molar-refractivity contribution in [3.63, 3.8) is 0 Å². The molecule has 6 nitrogen and oxygen atoms in total. The molecular formula is C14H18N6. The van der Waals surface area contributed by atoms with Crippen LogP contribution in [0.3, 0.4) is 0 Å². The smallest absolute Gasteiger partial charge is 0.191 e. The highest BCUT2D eigenvalue weighted by Crippen LogP contribution is 2.13. The highest BCUT2D eigenvalue weighted by atomic mass is 15.2. The number of hydrogen-bond acceptors (Lipinski definition) is 5. The van der Waals surface area contributed by atoms with E-state index in [0.717, 1.165) is 42.7 Å². The van der Waals surface area contributed by atoms with E-state index in [2.05, 4.69) is 31.7 Å². The lowest BCUT2D eigenvalue weighted by Gasteiger charge is -2.17. The van der Waals surface area contributed by atoms with Crippen molar-refractivity contribution in [2.45, 2.75) is 19.9 Å². The third-order valence-electron chi connectivity index (χ3n) is 3.26. The molecule has 1 aliphatic rings. The number of hydrogen-bond donors (Lipinski definition) is 2. The van der Waals surface area contributed by atoms with Gasteiger partial charge >= 0.3 is 0 Å². The van der Waals surface area contributed by atoms with Crippen molar-refractivity contribution >= 4 is 5.96 Å². The topological polar surface area (TPSA) is 67.1 Å². The Morgan fingerprint density at radius 1 is 1.35 bits per heavy atom. The number of nitrogens with zero attached hydrogens (tertiary/aromatic N) is 4. The van der Waals surface area contributed by atoms with E-state index < -0.39 is 0 Å². The fraction of sp³-hybridized carbons (Fsp3) is 0.357. The standard InChI is InChI=1S/C14H18N6/c1-11-15-8-9-20(11)13-12(4-2-5-16-13)10-19-14-17-6-3-7-18-14/h2,4-5,8-9H,3,6-7,10H2,1H3,(H2,17,18,19). The van der Waals surface area contributed by atoms with Crippen molar-refractivity contribution in [3.05, 3.63) is 42.1 Å². The Balaban J connectivity index is 1.80. The van der Waals surface area contributed by atoms with Gasteiger partial charge in [0.1, 0.15) is 11.6 Å². The highest BCUT2D eigenvalue weighted by molar-refractivity contribution is 5.80. The van der Waals surface area contributed by atoms with Crippen molar-refractivity contribution in [1.29, 1.82) is 0 Å². The van der Waals surface area contributed by atoms with Gasteiger partial charge in [0.05, 0.1) is 0 Å². The third kappa shape index (κ3) is 2.64. The SMILES string of the molecule is Cc1nccn1-c1ncccc1CNC1=NCCCN1. The summed E-state index contributed by atoms with van der Waals surface area (Å²) >= 11 is 0. The van der Waals surface area contributed by atoms with Crippen LogP contribution in [0.25, 0.3) is 5.82 Å². The fourth-order valence-electron chi connectivity index (χ4n) is 2.22. The Kier molecular flexibility index (Phi) is 3.62. The minimum Gasteiger partial charge on any atom is -0.356 e. The molecule has 0 unspecified atom stereocenters. The summed E-state index contributed by atoms with van der Waals surface area (Å²) in [5, 5.41) is 6.58. The number of rotatable bonds is 3. The molecule has 0 aromatic carbocycles. The van der Waals surface area contributed by atoms with Crippen molar-refractivity contribution in [2.75, 3.05) is 13.1 Å². The van der Waals surface area contributed by atoms with Crippen LogP contribution in [0.1, 0.15) is 17.8 Å². The lowest BCUT2D eigenvalue weighted by Crippen LogP contribution is -2.40. The molecule has 104 valence electrons. The Bertz CT molecular complexity index is 616. The molecule has 0 saturated heterocycles. The van der Waals surface area contributed by atoms with Gasteiger partial charge in [0.2, 0.25) is 0 Å². The van der Waals surface area contributed by atoms with Crippen molar-refractivity contribution < 1.29 is 0 Å². The van der Waals surface area contributed by atoms with Crippen LogP contribution in [0, 0.1) is 6.92 Å². The Morgan fingerprint density at radius 2 is 2.30 bits per heavy atom. The molecule has 0 spiro atoms. The van der Waals surface area contributed by atoms with Crippen LogP contribution in [-0.4, -0.2) is 33.6 Å². The van der Waals surface area contributed by atoms with Gasteiger partial charge in [-0.2, -0.15) is 0 Å². The second kappa shape index (κ2) is 5.73. The largest absolute Gasteiger partial charge is 0.356 e. The zero-order valence-electron chi connectivity index (χ0n) is 11.5. The van der Waals surface area contributed by atoms with Gasteiger partial charge < -0.3 is 10.6 Å². The predicted molar refractivity (Wildman–Crippen MR) is 77.9 cm³/mol. The number of imidazole rings is 1. The van der Waals surface area contributed by atoms with Crippen LogP contribution in [0.15, 0.2) is 35.7 Å². The first-order chi connectivity index (χ1) is 9.84. The van der Waals surface area contributed by atoms with Gasteiger partial charge in [0, 0.05) is 43.8 Å². The molecule has 3 heterocycles. The van der Waals surface area contributed by atoms with Crippen molar-refractivity contribution in [3.8, 4) is 5.82 Å². The fourth-order valence-corrected chi connectivity index (χ4v) is 2.22. The van der Waals surface area contributed by atoms with E-state index in [1.165, 1.54) is 0 Å². The molecule has 0 fully saturated rings. The van der Waals surface area contributed by atoms with E-state index in [1.807, 2.05) is 23.8 Å². The molecule has 0 saturated carbocycles. The number of nitrogens with one attached hydrogen (secondary N) is 2. The second-order valence-electron chi connectivity index (χ2n) is 4.69. The summed E-state index contributed by atoms with van der Waals surface area (Å²) in [5.41, 5.74) is 1.11. The van der Waals surface area contributed by atoms with Gasteiger partial charge in [-0.3, -0.25) is 9.56 Å². The van der Waals surface area contributed by atoms with Gasteiger partial charge in [-0.15, -0.1) is 0 Å². The van der Waals surface area contributed by atoms with Crippen LogP contribution in [0.4, 0.5) is 0 Å². The first-order valence-corrected chi connectivity index (χ1v) is 6.81. The van der Waals surface area contributed by atoms with Crippen LogP contribution >= 0.6 is 0 Å². The average Bonchev–Trinajstić information content (AvgIpc) is 2.92. The summed E-state index contributed by atoms with van der Waals surface area (Å²) in [6.45, 7) is 4.52. The molecule has 2 aromatic rings. The minimum atomic E-state index is 0.687. The lowest BCUT2D eigenvalue weighted by molar-refractivity contribution is 0.700. The molecule has 0 aliphatic carbocycles. The van der Waals surface area contributed by atoms with Gasteiger partial charge in [-0.1, -0.05) is 6.07 Å². The summed E-state index contributed by atoms with van der Waals surface area (Å²) < 4.78 is 1.99. The van der Waals surface area contributed by atoms with Crippen molar-refractivity contribution in [2.24, 2.45) is 4.99 Å². The van der Waals surface area contributed by atoms with Crippen LogP contribution in [0.2, 0.25) is 0 Å². The summed E-state index contributed by atoms with van der Waals surface area (Å²) in [4.78, 5) is 13.1. The maximum Gasteiger partial charge on any atom is 0.191 e. The van der Waals surface area contributed by atoms with E-state index in [4.69, 9.17) is 0 Å². The van der Waals surface area contributed by atoms with Gasteiger partial charge in [-0.05, 0) is 19.4 Å². The maximum atomic E-state index is 4.47. The molecule has 3 rings (SSSR count). The van der Waals surface area contributed by atoms with Crippen molar-refractivity contribution in [1.82, 2.24) is 25.2 Å². The minimum absolute atomic E-state index is 0.687. The van der Waals surface area contributed by atoms with Crippen LogP contribution in [-0.2, 0) is 6.54 Å². The molecule has 20 heavy (non-hydrogen) atoms. The van der Waals surface area contributed by atoms with Crippen LogP contribution in [0.5, 0.6) is 0 Å². The highest BCUT2D eigenvalue weighted by Gasteiger charge is 2.09. The Hall–Kier alpha value is -2.37. The summed E-state index contributed by atoms with van der Waals surface area (Å²) in [6, 6.07) is 4.01. The quantitative estimate of drug-likeness (QED) is 0.873. The molecule has 0 atom stereocenters. The number of guanidine groups is 1. The second-order valence-corrected chi connectivity index (χ2v) is 4.69. The monoisotopic (exact) mass is 270 g/mol. The van der Waals surface area contributed by atoms with E-state index in [-0.39, 0.29) is 0 Å². The zero-order valence-corrected chi connectivity index (χ0v) is 11.5. The zero-order chi connectivity index (χ0) is 13.8. The van der Waals surface area contributed by atoms with E-state index >= 15 is 0 Å². The third-order valence-corrected chi connectivity index (χ3v) is 3.26. The number of aromatic nitrogens is 3. The summed E-state index contributed by atoms with van der Waals surface area (Å²) in [5.74, 6) is 2.71. The summed E-state index contributed by atoms with van der Waals surface area (Å²) in [7, 11) is 0.